The predicted molar refractivity (Wildman–Crippen MR) is 121 cm³/mol. The maximum atomic E-state index is 13.3. The summed E-state index contributed by atoms with van der Waals surface area (Å²) < 4.78 is 5.60. The number of amides is 1. The number of fused-ring (bicyclic) bond motifs is 1. The summed E-state index contributed by atoms with van der Waals surface area (Å²) in [4.78, 5) is 15.2. The third kappa shape index (κ3) is 4.47. The van der Waals surface area contributed by atoms with Gasteiger partial charge in [0.1, 0.15) is 0 Å². The Labute approximate surface area is 184 Å². The molecule has 2 fully saturated rings. The van der Waals surface area contributed by atoms with Crippen molar-refractivity contribution in [3.05, 3.63) is 65.7 Å². The molecule has 2 aromatic carbocycles. The van der Waals surface area contributed by atoms with Gasteiger partial charge in [0.05, 0.1) is 18.2 Å². The summed E-state index contributed by atoms with van der Waals surface area (Å²) >= 11 is 0. The number of carbonyl (C=O) groups is 1. The summed E-state index contributed by atoms with van der Waals surface area (Å²) in [6.07, 6.45) is 7.76. The molecule has 0 spiro atoms. The lowest BCUT2D eigenvalue weighted by Crippen LogP contribution is -2.56. The van der Waals surface area contributed by atoms with Gasteiger partial charge < -0.3 is 19.8 Å². The summed E-state index contributed by atoms with van der Waals surface area (Å²) in [5.74, 6) is 0.398. The van der Waals surface area contributed by atoms with E-state index in [-0.39, 0.29) is 23.6 Å². The fraction of sp³-hybridized carbons (Fsp3) is 0.423. The van der Waals surface area contributed by atoms with Crippen LogP contribution in [0.25, 0.3) is 6.08 Å². The van der Waals surface area contributed by atoms with Crippen molar-refractivity contribution in [2.45, 2.75) is 50.7 Å². The Bertz CT molecular complexity index is 942. The van der Waals surface area contributed by atoms with Gasteiger partial charge in [-0.05, 0) is 55.5 Å². The maximum absolute atomic E-state index is 13.3. The van der Waals surface area contributed by atoms with Crippen molar-refractivity contribution in [2.24, 2.45) is 5.92 Å². The molecule has 2 N–H and O–H groups in total. The summed E-state index contributed by atoms with van der Waals surface area (Å²) in [6, 6.07) is 14.8. The molecule has 3 atom stereocenters. The lowest BCUT2D eigenvalue weighted by atomic mass is 9.66. The zero-order valence-electron chi connectivity index (χ0n) is 18.0. The highest BCUT2D eigenvalue weighted by atomic mass is 16.5. The summed E-state index contributed by atoms with van der Waals surface area (Å²) in [6.45, 7) is 2.81. The standard InChI is InChI=1S/C26H31NO4/c1-2-31-23-18-20(12-13-22(23)28)25-21-10-6-7-15-26(21,30)16-17-27(25)24(29)14-11-19-8-4-3-5-9-19/h3-5,8-9,11-14,18,21,25,28,30H,2,6-7,10,15-17H2,1H3/b14-11+/t21-,25-,26-/m1/s1. The number of rotatable bonds is 5. The molecule has 1 amide bonds. The Kier molecular flexibility index (Phi) is 6.33. The van der Waals surface area contributed by atoms with Gasteiger partial charge in [0.2, 0.25) is 5.91 Å². The molecule has 1 saturated carbocycles. The second-order valence-electron chi connectivity index (χ2n) is 8.59. The van der Waals surface area contributed by atoms with E-state index in [4.69, 9.17) is 4.74 Å². The van der Waals surface area contributed by atoms with Crippen LogP contribution in [0.5, 0.6) is 11.5 Å². The van der Waals surface area contributed by atoms with E-state index < -0.39 is 5.60 Å². The lowest BCUT2D eigenvalue weighted by Gasteiger charge is -2.52. The van der Waals surface area contributed by atoms with Crippen molar-refractivity contribution in [1.82, 2.24) is 4.90 Å². The first-order chi connectivity index (χ1) is 15.0. The SMILES string of the molecule is CCOc1cc([C@@H]2[C@H]3CCCC[C@@]3(O)CCN2C(=O)/C=C/c2ccccc2)ccc1O. The topological polar surface area (TPSA) is 70.0 Å². The van der Waals surface area contributed by atoms with Crippen LogP contribution in [0, 0.1) is 5.92 Å². The lowest BCUT2D eigenvalue weighted by molar-refractivity contribution is -0.150. The van der Waals surface area contributed by atoms with Crippen molar-refractivity contribution in [1.29, 1.82) is 0 Å². The molecule has 0 radical (unpaired) electrons. The summed E-state index contributed by atoms with van der Waals surface area (Å²) in [5.41, 5.74) is 1.11. The summed E-state index contributed by atoms with van der Waals surface area (Å²) in [5, 5.41) is 21.6. The number of nitrogens with zero attached hydrogens (tertiary/aromatic N) is 1. The number of phenolic OH excluding ortho intramolecular Hbond substituents is 1. The number of aliphatic hydroxyl groups is 1. The highest BCUT2D eigenvalue weighted by Gasteiger charge is 2.50. The molecular formula is C26H31NO4. The molecule has 1 saturated heterocycles. The van der Waals surface area contributed by atoms with Crippen LogP contribution in [-0.2, 0) is 4.79 Å². The Morgan fingerprint density at radius 1 is 1.19 bits per heavy atom. The van der Waals surface area contributed by atoms with Crippen LogP contribution in [0.4, 0.5) is 0 Å². The van der Waals surface area contributed by atoms with Crippen LogP contribution < -0.4 is 4.74 Å². The first-order valence-electron chi connectivity index (χ1n) is 11.2. The normalized spacial score (nSPS) is 25.9. The average Bonchev–Trinajstić information content (AvgIpc) is 2.79. The van der Waals surface area contributed by atoms with Gasteiger partial charge >= 0.3 is 0 Å². The number of carbonyl (C=O) groups excluding carboxylic acids is 1. The molecule has 5 nitrogen and oxygen atoms in total. The van der Waals surface area contributed by atoms with Crippen molar-refractivity contribution < 1.29 is 19.7 Å². The van der Waals surface area contributed by atoms with Crippen molar-refractivity contribution in [2.75, 3.05) is 13.2 Å². The van der Waals surface area contributed by atoms with Crippen LogP contribution >= 0.6 is 0 Å². The number of hydrogen-bond acceptors (Lipinski definition) is 4. The summed E-state index contributed by atoms with van der Waals surface area (Å²) in [7, 11) is 0. The van der Waals surface area contributed by atoms with Gasteiger partial charge in [-0.25, -0.2) is 0 Å². The van der Waals surface area contributed by atoms with E-state index >= 15 is 0 Å². The van der Waals surface area contributed by atoms with Crippen LogP contribution in [0.2, 0.25) is 0 Å². The monoisotopic (exact) mass is 421 g/mol. The van der Waals surface area contributed by atoms with E-state index in [1.807, 2.05) is 60.4 Å². The van der Waals surface area contributed by atoms with E-state index in [0.29, 0.717) is 25.3 Å². The minimum absolute atomic E-state index is 0.0388. The van der Waals surface area contributed by atoms with Gasteiger partial charge in [-0.15, -0.1) is 0 Å². The highest BCUT2D eigenvalue weighted by molar-refractivity contribution is 5.92. The van der Waals surface area contributed by atoms with E-state index in [0.717, 1.165) is 36.8 Å². The second kappa shape index (κ2) is 9.15. The van der Waals surface area contributed by atoms with Crippen LogP contribution in [0.3, 0.4) is 0 Å². The van der Waals surface area contributed by atoms with E-state index in [1.165, 1.54) is 0 Å². The molecule has 0 unspecified atom stereocenters. The highest BCUT2D eigenvalue weighted by Crippen LogP contribution is 2.50. The molecule has 0 bridgehead atoms. The van der Waals surface area contributed by atoms with E-state index in [1.54, 1.807) is 12.1 Å². The molecule has 0 aromatic heterocycles. The average molecular weight is 422 g/mol. The van der Waals surface area contributed by atoms with Gasteiger partial charge in [-0.1, -0.05) is 49.2 Å². The van der Waals surface area contributed by atoms with Crippen molar-refractivity contribution in [3.63, 3.8) is 0 Å². The number of benzene rings is 2. The van der Waals surface area contributed by atoms with Crippen molar-refractivity contribution in [3.8, 4) is 11.5 Å². The number of aromatic hydroxyl groups is 1. The minimum Gasteiger partial charge on any atom is -0.504 e. The Morgan fingerprint density at radius 3 is 2.77 bits per heavy atom. The van der Waals surface area contributed by atoms with Gasteiger partial charge in [-0.3, -0.25) is 4.79 Å². The Balaban J connectivity index is 1.69. The number of ether oxygens (including phenoxy) is 1. The second-order valence-corrected chi connectivity index (χ2v) is 8.59. The maximum Gasteiger partial charge on any atom is 0.247 e. The van der Waals surface area contributed by atoms with Gasteiger partial charge in [0, 0.05) is 18.5 Å². The number of piperidine rings is 1. The number of likely N-dealkylation sites (tertiary alicyclic amines) is 1. The first kappa shape index (κ1) is 21.4. The third-order valence-electron chi connectivity index (χ3n) is 6.69. The molecule has 164 valence electrons. The molecule has 1 heterocycles. The fourth-order valence-electron chi connectivity index (χ4n) is 5.15. The molecule has 2 aromatic rings. The van der Waals surface area contributed by atoms with E-state index in [9.17, 15) is 15.0 Å². The Morgan fingerprint density at radius 2 is 2.00 bits per heavy atom. The third-order valence-corrected chi connectivity index (χ3v) is 6.69. The van der Waals surface area contributed by atoms with Gasteiger partial charge in [0.15, 0.2) is 11.5 Å². The molecule has 31 heavy (non-hydrogen) atoms. The zero-order valence-corrected chi connectivity index (χ0v) is 18.0. The zero-order chi connectivity index (χ0) is 21.8. The van der Waals surface area contributed by atoms with Gasteiger partial charge in [0.25, 0.3) is 0 Å². The largest absolute Gasteiger partial charge is 0.504 e. The molecule has 5 heteroatoms. The predicted octanol–water partition coefficient (Wildman–Crippen LogP) is 4.70. The van der Waals surface area contributed by atoms with Crippen molar-refractivity contribution >= 4 is 12.0 Å². The minimum atomic E-state index is -0.757. The molecule has 2 aliphatic rings. The molecule has 4 rings (SSSR count). The van der Waals surface area contributed by atoms with E-state index in [2.05, 4.69) is 0 Å². The smallest absolute Gasteiger partial charge is 0.247 e. The van der Waals surface area contributed by atoms with Crippen LogP contribution in [0.15, 0.2) is 54.6 Å². The molecule has 1 aliphatic carbocycles. The fourth-order valence-corrected chi connectivity index (χ4v) is 5.15. The quantitative estimate of drug-likeness (QED) is 0.687. The molecular weight excluding hydrogens is 390 g/mol. The molecule has 1 aliphatic heterocycles. The number of hydrogen-bond donors (Lipinski definition) is 2. The Hall–Kier alpha value is -2.79. The van der Waals surface area contributed by atoms with Crippen LogP contribution in [0.1, 0.15) is 56.2 Å². The van der Waals surface area contributed by atoms with Crippen LogP contribution in [-0.4, -0.2) is 39.8 Å². The number of phenols is 1. The van der Waals surface area contributed by atoms with Gasteiger partial charge in [-0.2, -0.15) is 0 Å². The first-order valence-corrected chi connectivity index (χ1v) is 11.2.